The molecule has 1 aliphatic heterocycles. The summed E-state index contributed by atoms with van der Waals surface area (Å²) in [6, 6.07) is 40.2. The monoisotopic (exact) mass is 594 g/mol. The normalized spacial score (nSPS) is 14.9. The van der Waals surface area contributed by atoms with Gasteiger partial charge in [0, 0.05) is 11.9 Å². The van der Waals surface area contributed by atoms with Gasteiger partial charge in [0.2, 0.25) is 0 Å². The van der Waals surface area contributed by atoms with Crippen LogP contribution in [0.15, 0.2) is 132 Å². The molecule has 8 rings (SSSR count). The fraction of sp³-hybridized carbons (Fsp3) is 0.182. The van der Waals surface area contributed by atoms with Gasteiger partial charge >= 0.3 is 0 Å². The number of hydrogen-bond donors (Lipinski definition) is 0. The van der Waals surface area contributed by atoms with E-state index in [1.54, 1.807) is 0 Å². The Morgan fingerprint density at radius 3 is 1.93 bits per heavy atom. The fourth-order valence-corrected chi connectivity index (χ4v) is 7.27. The summed E-state index contributed by atoms with van der Waals surface area (Å²) in [6.45, 7) is 6.87. The van der Waals surface area contributed by atoms with Crippen LogP contribution in [0.25, 0.3) is 55.6 Å². The van der Waals surface area contributed by atoms with Gasteiger partial charge in [0.05, 0.1) is 11.4 Å². The Hall–Kier alpha value is -5.08. The number of fused-ring (bicyclic) bond motifs is 3. The lowest BCUT2D eigenvalue weighted by molar-refractivity contribution is 0.590. The molecule has 0 unspecified atom stereocenters. The second-order valence-electron chi connectivity index (χ2n) is 13.7. The molecule has 0 atom stereocenters. The summed E-state index contributed by atoms with van der Waals surface area (Å²) in [5.74, 6) is 0. The summed E-state index contributed by atoms with van der Waals surface area (Å²) >= 11 is 0. The van der Waals surface area contributed by atoms with Crippen LogP contribution in [0.3, 0.4) is 0 Å². The molecule has 224 valence electrons. The molecule has 2 nitrogen and oxygen atoms in total. The molecule has 0 saturated heterocycles. The van der Waals surface area contributed by atoms with Gasteiger partial charge in [0.1, 0.15) is 0 Å². The first-order valence-corrected chi connectivity index (χ1v) is 16.5. The van der Waals surface area contributed by atoms with Gasteiger partial charge in [-0.25, -0.2) is 0 Å². The zero-order valence-corrected chi connectivity index (χ0v) is 26.8. The van der Waals surface area contributed by atoms with Crippen LogP contribution < -0.4 is 0 Å². The van der Waals surface area contributed by atoms with Crippen LogP contribution in [0.1, 0.15) is 62.4 Å². The fourth-order valence-electron chi connectivity index (χ4n) is 7.27. The van der Waals surface area contributed by atoms with Gasteiger partial charge in [-0.15, -0.1) is 0 Å². The topological polar surface area (TPSA) is 25.2 Å². The van der Waals surface area contributed by atoms with Crippen molar-refractivity contribution in [1.82, 2.24) is 4.98 Å². The Kier molecular flexibility index (Phi) is 7.02. The third-order valence-electron chi connectivity index (χ3n) is 9.65. The number of hydrogen-bond acceptors (Lipinski definition) is 2. The highest BCUT2D eigenvalue weighted by molar-refractivity contribution is 6.21. The van der Waals surface area contributed by atoms with E-state index in [4.69, 9.17) is 4.99 Å². The number of aryl methyl sites for hydroxylation is 1. The molecule has 0 bridgehead atoms. The number of benzene rings is 5. The average molecular weight is 595 g/mol. The summed E-state index contributed by atoms with van der Waals surface area (Å²) < 4.78 is 0. The molecule has 0 amide bonds. The molecule has 2 heterocycles. The number of rotatable bonds is 4. The highest BCUT2D eigenvalue weighted by Gasteiger charge is 2.21. The van der Waals surface area contributed by atoms with Gasteiger partial charge in [0.25, 0.3) is 0 Å². The van der Waals surface area contributed by atoms with Crippen LogP contribution in [0.2, 0.25) is 0 Å². The predicted molar refractivity (Wildman–Crippen MR) is 196 cm³/mol. The Bertz CT molecular complexity index is 2170. The number of pyridine rings is 1. The zero-order valence-electron chi connectivity index (χ0n) is 26.8. The van der Waals surface area contributed by atoms with E-state index in [-0.39, 0.29) is 5.41 Å². The smallest absolute Gasteiger partial charge is 0.0882 e. The first-order chi connectivity index (χ1) is 22.4. The van der Waals surface area contributed by atoms with Gasteiger partial charge < -0.3 is 0 Å². The molecule has 0 saturated carbocycles. The number of nitrogens with zero attached hydrogens (tertiary/aromatic N) is 2. The van der Waals surface area contributed by atoms with Crippen molar-refractivity contribution in [2.45, 2.75) is 51.9 Å². The lowest BCUT2D eigenvalue weighted by atomic mass is 9.81. The maximum atomic E-state index is 5.08. The van der Waals surface area contributed by atoms with E-state index < -0.39 is 0 Å². The molecule has 0 fully saturated rings. The van der Waals surface area contributed by atoms with Gasteiger partial charge in [-0.2, -0.15) is 0 Å². The van der Waals surface area contributed by atoms with E-state index in [9.17, 15) is 0 Å². The van der Waals surface area contributed by atoms with E-state index in [1.165, 1.54) is 71.8 Å². The maximum Gasteiger partial charge on any atom is 0.0882 e. The Morgan fingerprint density at radius 1 is 0.609 bits per heavy atom. The van der Waals surface area contributed by atoms with Crippen LogP contribution in [-0.4, -0.2) is 10.7 Å². The lowest BCUT2D eigenvalue weighted by Gasteiger charge is -2.23. The SMILES string of the molecule is CC(C)(C)c1cccc(-c2c3ccccc3c(-c3ccc4c(c3)CCC(C3=NC(c5ccccn5)=CCC3)=C4)c3ccccc23)c1. The molecular formula is C44H38N2. The Balaban J connectivity index is 1.24. The van der Waals surface area contributed by atoms with Crippen molar-refractivity contribution in [3.8, 4) is 22.3 Å². The van der Waals surface area contributed by atoms with Crippen molar-refractivity contribution < 1.29 is 0 Å². The van der Waals surface area contributed by atoms with Crippen molar-refractivity contribution in [2.75, 3.05) is 0 Å². The van der Waals surface area contributed by atoms with Crippen LogP contribution >= 0.6 is 0 Å². The molecule has 0 spiro atoms. The quantitative estimate of drug-likeness (QED) is 0.186. The van der Waals surface area contributed by atoms with Crippen molar-refractivity contribution in [3.63, 3.8) is 0 Å². The third kappa shape index (κ3) is 5.08. The molecule has 1 aliphatic carbocycles. The molecule has 46 heavy (non-hydrogen) atoms. The first kappa shape index (κ1) is 28.4. The summed E-state index contributed by atoms with van der Waals surface area (Å²) in [6.07, 6.45) is 10.5. The maximum absolute atomic E-state index is 5.08. The van der Waals surface area contributed by atoms with Crippen molar-refractivity contribution in [2.24, 2.45) is 4.99 Å². The predicted octanol–water partition coefficient (Wildman–Crippen LogP) is 11.6. The molecule has 2 aliphatic rings. The first-order valence-electron chi connectivity index (χ1n) is 16.5. The molecule has 1 aromatic heterocycles. The van der Waals surface area contributed by atoms with E-state index in [0.29, 0.717) is 0 Å². The zero-order chi connectivity index (χ0) is 31.3. The molecule has 6 aromatic rings. The number of aliphatic imine (C=N–C) groups is 1. The molecule has 0 N–H and O–H groups in total. The minimum atomic E-state index is 0.0840. The van der Waals surface area contributed by atoms with E-state index in [2.05, 4.69) is 129 Å². The number of aromatic nitrogens is 1. The average Bonchev–Trinajstić information content (AvgIpc) is 3.10. The van der Waals surface area contributed by atoms with Crippen LogP contribution in [0.5, 0.6) is 0 Å². The standard InChI is InChI=1S/C44H38N2/c1-44(2,3)34-13-10-12-32(28-34)42-35-14-4-6-16-37(35)43(38-17-7-5-15-36(38)42)33-24-22-29-26-31(23-21-30(29)27-33)39-19-11-20-41(46-39)40-18-8-9-25-45-40/h4-10,12-18,20,22,24-28H,11,19,21,23H2,1-3H3. The minimum absolute atomic E-state index is 0.0840. The lowest BCUT2D eigenvalue weighted by Crippen LogP contribution is -2.11. The summed E-state index contributed by atoms with van der Waals surface area (Å²) in [5.41, 5.74) is 13.9. The largest absolute Gasteiger partial charge is 0.255 e. The molecular weight excluding hydrogens is 556 g/mol. The highest BCUT2D eigenvalue weighted by atomic mass is 14.8. The Morgan fingerprint density at radius 2 is 1.28 bits per heavy atom. The summed E-state index contributed by atoms with van der Waals surface area (Å²) in [5, 5.41) is 5.20. The van der Waals surface area contributed by atoms with Crippen LogP contribution in [-0.2, 0) is 11.8 Å². The highest BCUT2D eigenvalue weighted by Crippen LogP contribution is 2.45. The Labute approximate surface area is 271 Å². The van der Waals surface area contributed by atoms with Crippen LogP contribution in [0.4, 0.5) is 0 Å². The van der Waals surface area contributed by atoms with Crippen LogP contribution in [0, 0.1) is 0 Å². The molecule has 5 aromatic carbocycles. The van der Waals surface area contributed by atoms with E-state index >= 15 is 0 Å². The number of allylic oxidation sites excluding steroid dienone is 2. The van der Waals surface area contributed by atoms with Gasteiger partial charge in [0.15, 0.2) is 0 Å². The van der Waals surface area contributed by atoms with Gasteiger partial charge in [-0.3, -0.25) is 9.98 Å². The second-order valence-corrected chi connectivity index (χ2v) is 13.7. The van der Waals surface area contributed by atoms with Gasteiger partial charge in [-0.1, -0.05) is 124 Å². The summed E-state index contributed by atoms with van der Waals surface area (Å²) in [7, 11) is 0. The van der Waals surface area contributed by atoms with Crippen molar-refractivity contribution in [1.29, 1.82) is 0 Å². The summed E-state index contributed by atoms with van der Waals surface area (Å²) in [4.78, 5) is 9.62. The van der Waals surface area contributed by atoms with Gasteiger partial charge in [-0.05, 0) is 115 Å². The van der Waals surface area contributed by atoms with E-state index in [0.717, 1.165) is 37.1 Å². The molecule has 2 heteroatoms. The van der Waals surface area contributed by atoms with Crippen molar-refractivity contribution >= 4 is 39.0 Å². The molecule has 0 radical (unpaired) electrons. The van der Waals surface area contributed by atoms with E-state index in [1.807, 2.05) is 24.4 Å². The third-order valence-corrected chi connectivity index (χ3v) is 9.65. The second kappa shape index (κ2) is 11.4. The van der Waals surface area contributed by atoms with Crippen molar-refractivity contribution in [3.05, 3.63) is 149 Å². The minimum Gasteiger partial charge on any atom is -0.255 e.